The number of rotatable bonds is 15. The van der Waals surface area contributed by atoms with Gasteiger partial charge in [0.15, 0.2) is 14.1 Å². The third kappa shape index (κ3) is 10.8. The van der Waals surface area contributed by atoms with Gasteiger partial charge >= 0.3 is 0 Å². The van der Waals surface area contributed by atoms with Gasteiger partial charge in [-0.2, -0.15) is 0 Å². The van der Waals surface area contributed by atoms with Crippen LogP contribution in [0.3, 0.4) is 0 Å². The Bertz CT molecular complexity index is 1340. The number of benzene rings is 2. The number of Topliss-reactive ketones (excluding diaryl/α,β-unsaturated/α-hetero) is 1. The van der Waals surface area contributed by atoms with Gasteiger partial charge in [0.2, 0.25) is 5.78 Å². The summed E-state index contributed by atoms with van der Waals surface area (Å²) in [7, 11) is -4.67. The molecule has 48 heavy (non-hydrogen) atoms. The van der Waals surface area contributed by atoms with Crippen molar-refractivity contribution in [3.8, 4) is 11.8 Å². The minimum absolute atomic E-state index is 0.0810. The molecule has 7 heteroatoms. The molecule has 2 aromatic carbocycles. The van der Waals surface area contributed by atoms with Crippen molar-refractivity contribution in [1.82, 2.24) is 0 Å². The van der Waals surface area contributed by atoms with Crippen molar-refractivity contribution >= 4 is 32.8 Å². The molecule has 0 aromatic heterocycles. The van der Waals surface area contributed by atoms with Gasteiger partial charge in [0.1, 0.15) is 6.10 Å². The summed E-state index contributed by atoms with van der Waals surface area (Å²) >= 11 is 0. The van der Waals surface area contributed by atoms with Crippen LogP contribution in [0.4, 0.5) is 0 Å². The van der Waals surface area contributed by atoms with E-state index < -0.39 is 34.6 Å². The standard InChI is InChI=1S/C41H62O5Si2/c1-12-13-17-25-34(46-47(10,11)39(2,3)4)26-19-14-18-24-33(42)31-37-38(45-41(8,9)44-37)32-43-48(40(5,6)7,35-27-20-15-21-28-35)36-29-22-16-23-30-36/h15-16,19-23,26-30,34,37-38H,12-14,17,25,31-32H2,1-11H3/b26-19+/t34-,37+,38-/m1/s1. The SMILES string of the molecule is CCCCC[C@H](/C=C/CC#CC(=O)C[C@@H]1OC(C)(C)O[C@@H]1CO[Si](c1ccccc1)(c1ccccc1)C(C)(C)C)O[Si](C)(C)C(C)(C)C. The summed E-state index contributed by atoms with van der Waals surface area (Å²) in [6.07, 6.45) is 8.65. The van der Waals surface area contributed by atoms with Gasteiger partial charge in [0.25, 0.3) is 8.32 Å². The number of ether oxygens (including phenoxy) is 2. The van der Waals surface area contributed by atoms with Crippen molar-refractivity contribution < 1.29 is 23.1 Å². The highest BCUT2D eigenvalue weighted by atomic mass is 28.4. The van der Waals surface area contributed by atoms with Gasteiger partial charge in [0.05, 0.1) is 18.8 Å². The van der Waals surface area contributed by atoms with Crippen LogP contribution in [0.2, 0.25) is 23.2 Å². The van der Waals surface area contributed by atoms with Gasteiger partial charge in [-0.25, -0.2) is 0 Å². The topological polar surface area (TPSA) is 54.0 Å². The lowest BCUT2D eigenvalue weighted by Gasteiger charge is -2.43. The van der Waals surface area contributed by atoms with Crippen LogP contribution >= 0.6 is 0 Å². The van der Waals surface area contributed by atoms with Gasteiger partial charge < -0.3 is 18.3 Å². The predicted molar refractivity (Wildman–Crippen MR) is 205 cm³/mol. The van der Waals surface area contributed by atoms with Gasteiger partial charge in [-0.3, -0.25) is 4.79 Å². The van der Waals surface area contributed by atoms with Crippen LogP contribution in [0.5, 0.6) is 0 Å². The lowest BCUT2D eigenvalue weighted by Crippen LogP contribution is -2.67. The van der Waals surface area contributed by atoms with Crippen LogP contribution < -0.4 is 10.4 Å². The molecular weight excluding hydrogens is 629 g/mol. The Hall–Kier alpha value is -2.32. The van der Waals surface area contributed by atoms with Gasteiger partial charge in [-0.1, -0.05) is 146 Å². The molecule has 0 unspecified atom stereocenters. The van der Waals surface area contributed by atoms with Crippen LogP contribution in [0.1, 0.15) is 101 Å². The number of carbonyl (C=O) groups excluding carboxylic acids is 1. The zero-order valence-corrected chi connectivity index (χ0v) is 33.7. The normalized spacial score (nSPS) is 19.2. The zero-order valence-electron chi connectivity index (χ0n) is 31.7. The Morgan fingerprint density at radius 2 is 1.46 bits per heavy atom. The van der Waals surface area contributed by atoms with Crippen LogP contribution in [0, 0.1) is 11.8 Å². The van der Waals surface area contributed by atoms with Crippen molar-refractivity contribution in [2.24, 2.45) is 0 Å². The molecule has 0 bridgehead atoms. The first kappa shape index (κ1) is 40.1. The molecule has 0 N–H and O–H groups in total. The lowest BCUT2D eigenvalue weighted by molar-refractivity contribution is -0.149. The molecule has 0 saturated carbocycles. The van der Waals surface area contributed by atoms with E-state index in [1.165, 1.54) is 23.2 Å². The summed E-state index contributed by atoms with van der Waals surface area (Å²) in [6.45, 7) is 24.5. The Balaban J connectivity index is 1.72. The molecule has 2 aromatic rings. The largest absolute Gasteiger partial charge is 0.411 e. The molecule has 0 spiro atoms. The average molecular weight is 691 g/mol. The number of unbranched alkanes of at least 4 members (excludes halogenated alkanes) is 2. The molecule has 3 atom stereocenters. The van der Waals surface area contributed by atoms with E-state index in [0.29, 0.717) is 13.0 Å². The van der Waals surface area contributed by atoms with Crippen molar-refractivity contribution in [3.63, 3.8) is 0 Å². The zero-order chi connectivity index (χ0) is 35.6. The molecule has 1 aliphatic heterocycles. The van der Waals surface area contributed by atoms with Gasteiger partial charge in [-0.15, -0.1) is 0 Å². The molecule has 1 fully saturated rings. The van der Waals surface area contributed by atoms with E-state index in [1.807, 2.05) is 26.0 Å². The van der Waals surface area contributed by atoms with E-state index in [9.17, 15) is 4.79 Å². The first-order valence-electron chi connectivity index (χ1n) is 17.9. The van der Waals surface area contributed by atoms with Crippen LogP contribution in [-0.2, 0) is 23.1 Å². The van der Waals surface area contributed by atoms with E-state index in [1.54, 1.807) is 0 Å². The Kier molecular flexibility index (Phi) is 14.3. The smallest absolute Gasteiger partial charge is 0.261 e. The second kappa shape index (κ2) is 17.1. The van der Waals surface area contributed by atoms with Crippen molar-refractivity contribution in [2.45, 2.75) is 148 Å². The predicted octanol–water partition coefficient (Wildman–Crippen LogP) is 8.96. The summed E-state index contributed by atoms with van der Waals surface area (Å²) in [5.74, 6) is 4.97. The number of carbonyl (C=O) groups is 1. The van der Waals surface area contributed by atoms with E-state index in [0.717, 1.165) is 12.8 Å². The second-order valence-corrected chi connectivity index (χ2v) is 25.2. The third-order valence-electron chi connectivity index (χ3n) is 9.70. The Morgan fingerprint density at radius 3 is 1.98 bits per heavy atom. The molecule has 0 amide bonds. The number of hydrogen-bond acceptors (Lipinski definition) is 5. The van der Waals surface area contributed by atoms with Crippen molar-refractivity contribution in [2.75, 3.05) is 6.61 Å². The molecule has 1 heterocycles. The fourth-order valence-corrected chi connectivity index (χ4v) is 12.1. The maximum atomic E-state index is 13.1. The van der Waals surface area contributed by atoms with E-state index in [2.05, 4.69) is 134 Å². The molecule has 1 aliphatic rings. The summed E-state index contributed by atoms with van der Waals surface area (Å²) in [5, 5.41) is 2.39. The van der Waals surface area contributed by atoms with Gasteiger partial charge in [-0.05, 0) is 59.7 Å². The molecule has 0 radical (unpaired) electrons. The third-order valence-corrected chi connectivity index (χ3v) is 19.2. The molecule has 0 aliphatic carbocycles. The number of ketones is 1. The van der Waals surface area contributed by atoms with Crippen LogP contribution in [0.15, 0.2) is 72.8 Å². The van der Waals surface area contributed by atoms with Gasteiger partial charge in [0, 0.05) is 12.8 Å². The highest BCUT2D eigenvalue weighted by Gasteiger charge is 2.52. The van der Waals surface area contributed by atoms with E-state index >= 15 is 0 Å². The fraction of sp³-hybridized carbons (Fsp3) is 0.585. The van der Waals surface area contributed by atoms with E-state index in [4.69, 9.17) is 18.3 Å². The summed E-state index contributed by atoms with van der Waals surface area (Å²) in [4.78, 5) is 13.1. The minimum Gasteiger partial charge on any atom is -0.411 e. The van der Waals surface area contributed by atoms with Crippen molar-refractivity contribution in [3.05, 3.63) is 72.8 Å². The number of allylic oxidation sites excluding steroid dienone is 1. The highest BCUT2D eigenvalue weighted by molar-refractivity contribution is 6.99. The first-order chi connectivity index (χ1) is 22.4. The highest BCUT2D eigenvalue weighted by Crippen LogP contribution is 2.39. The lowest BCUT2D eigenvalue weighted by atomic mass is 10.1. The molecular formula is C41H62O5Si2. The van der Waals surface area contributed by atoms with Crippen molar-refractivity contribution in [1.29, 1.82) is 0 Å². The summed E-state index contributed by atoms with van der Waals surface area (Å²) < 4.78 is 26.5. The maximum absolute atomic E-state index is 13.1. The Labute approximate surface area is 294 Å². The minimum atomic E-state index is -2.77. The molecule has 1 saturated heterocycles. The van der Waals surface area contributed by atoms with E-state index in [-0.39, 0.29) is 28.4 Å². The first-order valence-corrected chi connectivity index (χ1v) is 22.7. The second-order valence-electron chi connectivity index (χ2n) is 16.2. The molecule has 3 rings (SSSR count). The molecule has 264 valence electrons. The van der Waals surface area contributed by atoms with Crippen LogP contribution in [-0.4, -0.2) is 53.1 Å². The maximum Gasteiger partial charge on any atom is 0.261 e. The van der Waals surface area contributed by atoms with Crippen LogP contribution in [0.25, 0.3) is 0 Å². The molecule has 5 nitrogen and oxygen atoms in total. The quantitative estimate of drug-likeness (QED) is 0.0614. The average Bonchev–Trinajstić information content (AvgIpc) is 3.29. The Morgan fingerprint density at radius 1 is 0.896 bits per heavy atom. The summed E-state index contributed by atoms with van der Waals surface area (Å²) in [5.41, 5.74) is 0. The number of hydrogen-bond donors (Lipinski definition) is 0. The fourth-order valence-electron chi connectivity index (χ4n) is 6.20. The monoisotopic (exact) mass is 690 g/mol. The summed E-state index contributed by atoms with van der Waals surface area (Å²) in [6, 6.07) is 21.1.